The average molecular weight is 284 g/mol. The summed E-state index contributed by atoms with van der Waals surface area (Å²) in [7, 11) is 0. The smallest absolute Gasteiger partial charge is 0.161 e. The van der Waals surface area contributed by atoms with Crippen molar-refractivity contribution in [2.75, 3.05) is 13.2 Å². The first-order valence-corrected chi connectivity index (χ1v) is 7.08. The molecule has 0 amide bonds. The normalized spacial score (nSPS) is 13.9. The predicted octanol–water partition coefficient (Wildman–Crippen LogP) is 3.29. The molecule has 100 valence electrons. The molecule has 0 saturated carbocycles. The van der Waals surface area contributed by atoms with Crippen LogP contribution < -0.4 is 9.47 Å². The summed E-state index contributed by atoms with van der Waals surface area (Å²) in [6.45, 7) is 3.04. The molecule has 0 unspecified atom stereocenters. The van der Waals surface area contributed by atoms with Crippen LogP contribution in [0.1, 0.15) is 16.3 Å². The fourth-order valence-corrected chi connectivity index (χ4v) is 2.70. The highest BCUT2D eigenvalue weighted by Crippen LogP contribution is 2.32. The van der Waals surface area contributed by atoms with Gasteiger partial charge in [0.2, 0.25) is 0 Å². The highest BCUT2D eigenvalue weighted by molar-refractivity contribution is 7.11. The molecule has 0 spiro atoms. The zero-order valence-corrected chi connectivity index (χ0v) is 11.7. The number of thiazole rings is 1. The van der Waals surface area contributed by atoms with Gasteiger partial charge in [0.1, 0.15) is 24.3 Å². The van der Waals surface area contributed by atoms with E-state index in [1.807, 2.05) is 36.6 Å². The van der Waals surface area contributed by atoms with E-state index < -0.39 is 0 Å². The van der Waals surface area contributed by atoms with Crippen LogP contribution in [0, 0.1) is 18.3 Å². The lowest BCUT2D eigenvalue weighted by molar-refractivity contribution is 0.171. The number of hydrogen-bond acceptors (Lipinski definition) is 5. The number of ether oxygens (including phenoxy) is 2. The third kappa shape index (κ3) is 2.51. The SMILES string of the molecule is Cc1csc(/C(C#N)=C\c2ccc3c(c2)OCCO3)n1. The van der Waals surface area contributed by atoms with Gasteiger partial charge in [-0.1, -0.05) is 6.07 Å². The van der Waals surface area contributed by atoms with Crippen LogP contribution in [0.5, 0.6) is 11.5 Å². The largest absolute Gasteiger partial charge is 0.486 e. The van der Waals surface area contributed by atoms with E-state index in [1.165, 1.54) is 11.3 Å². The van der Waals surface area contributed by atoms with Gasteiger partial charge >= 0.3 is 0 Å². The van der Waals surface area contributed by atoms with Gasteiger partial charge in [0.25, 0.3) is 0 Å². The van der Waals surface area contributed by atoms with E-state index in [-0.39, 0.29) is 0 Å². The van der Waals surface area contributed by atoms with Crippen LogP contribution in [0.15, 0.2) is 23.6 Å². The highest BCUT2D eigenvalue weighted by Gasteiger charge is 2.12. The summed E-state index contributed by atoms with van der Waals surface area (Å²) in [5.41, 5.74) is 2.38. The molecule has 0 N–H and O–H groups in total. The number of aromatic nitrogens is 1. The fourth-order valence-electron chi connectivity index (χ4n) is 1.94. The van der Waals surface area contributed by atoms with Crippen LogP contribution in [0.4, 0.5) is 0 Å². The number of fused-ring (bicyclic) bond motifs is 1. The second kappa shape index (κ2) is 5.35. The molecule has 2 heterocycles. The number of rotatable bonds is 2. The molecule has 0 radical (unpaired) electrons. The van der Waals surface area contributed by atoms with Crippen molar-refractivity contribution in [3.05, 3.63) is 39.8 Å². The molecular weight excluding hydrogens is 272 g/mol. The Bertz CT molecular complexity index is 713. The van der Waals surface area contributed by atoms with Crippen LogP contribution in [-0.2, 0) is 0 Å². The van der Waals surface area contributed by atoms with Crippen molar-refractivity contribution in [2.24, 2.45) is 0 Å². The van der Waals surface area contributed by atoms with Crippen molar-refractivity contribution in [1.82, 2.24) is 4.98 Å². The maximum atomic E-state index is 9.28. The van der Waals surface area contributed by atoms with Gasteiger partial charge in [-0.2, -0.15) is 5.26 Å². The number of allylic oxidation sites excluding steroid dienone is 1. The number of hydrogen-bond donors (Lipinski definition) is 0. The third-order valence-corrected chi connectivity index (χ3v) is 3.84. The summed E-state index contributed by atoms with van der Waals surface area (Å²) in [6, 6.07) is 7.85. The Hall–Kier alpha value is -2.32. The molecule has 1 aliphatic rings. The molecule has 0 aliphatic carbocycles. The van der Waals surface area contributed by atoms with E-state index in [9.17, 15) is 5.26 Å². The van der Waals surface area contributed by atoms with E-state index in [0.29, 0.717) is 18.8 Å². The number of benzene rings is 1. The molecule has 2 aromatic rings. The van der Waals surface area contributed by atoms with E-state index in [2.05, 4.69) is 11.1 Å². The average Bonchev–Trinajstić information content (AvgIpc) is 2.91. The van der Waals surface area contributed by atoms with E-state index in [4.69, 9.17) is 9.47 Å². The standard InChI is InChI=1S/C15H12N2O2S/c1-10-9-20-15(17-10)12(8-16)6-11-2-3-13-14(7-11)19-5-4-18-13/h2-3,6-7,9H,4-5H2,1H3/b12-6-. The van der Waals surface area contributed by atoms with Crippen LogP contribution in [0.25, 0.3) is 11.6 Å². The zero-order chi connectivity index (χ0) is 13.9. The van der Waals surface area contributed by atoms with Crippen LogP contribution in [-0.4, -0.2) is 18.2 Å². The molecule has 0 atom stereocenters. The summed E-state index contributed by atoms with van der Waals surface area (Å²) < 4.78 is 11.0. The van der Waals surface area contributed by atoms with Gasteiger partial charge in [0.05, 0.1) is 5.57 Å². The monoisotopic (exact) mass is 284 g/mol. The topological polar surface area (TPSA) is 55.1 Å². The lowest BCUT2D eigenvalue weighted by atomic mass is 10.1. The Morgan fingerprint density at radius 3 is 2.85 bits per heavy atom. The highest BCUT2D eigenvalue weighted by atomic mass is 32.1. The molecule has 3 rings (SSSR count). The van der Waals surface area contributed by atoms with Crippen molar-refractivity contribution < 1.29 is 9.47 Å². The molecular formula is C15H12N2O2S. The number of nitrogens with zero attached hydrogens (tertiary/aromatic N) is 2. The minimum Gasteiger partial charge on any atom is -0.486 e. The molecule has 1 aromatic carbocycles. The Kier molecular flexibility index (Phi) is 3.40. The first kappa shape index (κ1) is 12.7. The lowest BCUT2D eigenvalue weighted by Crippen LogP contribution is -2.15. The summed E-state index contributed by atoms with van der Waals surface area (Å²) in [6.07, 6.45) is 1.82. The van der Waals surface area contributed by atoms with Crippen LogP contribution in [0.2, 0.25) is 0 Å². The zero-order valence-electron chi connectivity index (χ0n) is 10.9. The van der Waals surface area contributed by atoms with Gasteiger partial charge in [-0.15, -0.1) is 11.3 Å². The lowest BCUT2D eigenvalue weighted by Gasteiger charge is -2.18. The third-order valence-electron chi connectivity index (χ3n) is 2.85. The van der Waals surface area contributed by atoms with Gasteiger partial charge in [0, 0.05) is 11.1 Å². The predicted molar refractivity (Wildman–Crippen MR) is 77.8 cm³/mol. The molecule has 4 nitrogen and oxygen atoms in total. The molecule has 0 bridgehead atoms. The van der Waals surface area contributed by atoms with Gasteiger partial charge in [-0.25, -0.2) is 4.98 Å². The van der Waals surface area contributed by atoms with Crippen LogP contribution in [0.3, 0.4) is 0 Å². The maximum absolute atomic E-state index is 9.28. The number of aryl methyl sites for hydroxylation is 1. The number of nitriles is 1. The van der Waals surface area contributed by atoms with Crippen molar-refractivity contribution in [3.63, 3.8) is 0 Å². The van der Waals surface area contributed by atoms with Gasteiger partial charge in [0.15, 0.2) is 11.5 Å². The van der Waals surface area contributed by atoms with Crippen molar-refractivity contribution in [3.8, 4) is 17.6 Å². The first-order chi connectivity index (χ1) is 9.76. The van der Waals surface area contributed by atoms with Crippen molar-refractivity contribution in [2.45, 2.75) is 6.92 Å². The Balaban J connectivity index is 1.96. The Morgan fingerprint density at radius 1 is 1.35 bits per heavy atom. The van der Waals surface area contributed by atoms with Gasteiger partial charge in [-0.3, -0.25) is 0 Å². The molecule has 0 fully saturated rings. The quantitative estimate of drug-likeness (QED) is 0.794. The summed E-state index contributed by atoms with van der Waals surface area (Å²) >= 11 is 1.47. The Morgan fingerprint density at radius 2 is 2.15 bits per heavy atom. The van der Waals surface area contributed by atoms with Crippen molar-refractivity contribution in [1.29, 1.82) is 5.26 Å². The molecule has 5 heteroatoms. The maximum Gasteiger partial charge on any atom is 0.161 e. The first-order valence-electron chi connectivity index (χ1n) is 6.20. The minimum absolute atomic E-state index is 0.553. The molecule has 1 aromatic heterocycles. The van der Waals surface area contributed by atoms with Gasteiger partial charge in [-0.05, 0) is 30.7 Å². The molecule has 20 heavy (non-hydrogen) atoms. The Labute approximate surface area is 120 Å². The molecule has 0 saturated heterocycles. The fraction of sp³-hybridized carbons (Fsp3) is 0.200. The van der Waals surface area contributed by atoms with Gasteiger partial charge < -0.3 is 9.47 Å². The summed E-state index contributed by atoms with van der Waals surface area (Å²) in [4.78, 5) is 4.34. The molecule has 1 aliphatic heterocycles. The summed E-state index contributed by atoms with van der Waals surface area (Å²) in [5, 5.41) is 12.0. The van der Waals surface area contributed by atoms with E-state index in [1.54, 1.807) is 0 Å². The van der Waals surface area contributed by atoms with E-state index >= 15 is 0 Å². The van der Waals surface area contributed by atoms with E-state index in [0.717, 1.165) is 27.8 Å². The van der Waals surface area contributed by atoms with Crippen LogP contribution >= 0.6 is 11.3 Å². The second-order valence-electron chi connectivity index (χ2n) is 4.37. The summed E-state index contributed by atoms with van der Waals surface area (Å²) in [5.74, 6) is 1.47. The second-order valence-corrected chi connectivity index (χ2v) is 5.23. The minimum atomic E-state index is 0.553. The van der Waals surface area contributed by atoms with Crippen molar-refractivity contribution >= 4 is 23.0 Å².